The van der Waals surface area contributed by atoms with Crippen LogP contribution in [0.2, 0.25) is 0 Å². The Morgan fingerprint density at radius 1 is 1.16 bits per heavy atom. The van der Waals surface area contributed by atoms with Gasteiger partial charge in [-0.25, -0.2) is 0 Å². The van der Waals surface area contributed by atoms with E-state index in [9.17, 15) is 18.3 Å². The van der Waals surface area contributed by atoms with E-state index in [1.165, 1.54) is 23.5 Å². The van der Waals surface area contributed by atoms with Crippen molar-refractivity contribution in [2.24, 2.45) is 0 Å². The normalized spacial score (nSPS) is 13.6. The Labute approximate surface area is 113 Å². The molecule has 5 heteroatoms. The highest BCUT2D eigenvalue weighted by molar-refractivity contribution is 7.15. The van der Waals surface area contributed by atoms with Gasteiger partial charge in [-0.2, -0.15) is 13.2 Å². The summed E-state index contributed by atoms with van der Waals surface area (Å²) in [5.74, 6) is 0. The third-order valence-corrected chi connectivity index (χ3v) is 4.29. The maximum absolute atomic E-state index is 12.5. The summed E-state index contributed by atoms with van der Waals surface area (Å²) in [4.78, 5) is 1.71. The van der Waals surface area contributed by atoms with Gasteiger partial charge in [0.1, 0.15) is 0 Å². The third kappa shape index (κ3) is 2.98. The molecular formula is C14H13F3OS. The molecule has 0 saturated heterocycles. The number of hydrogen-bond acceptors (Lipinski definition) is 2. The van der Waals surface area contributed by atoms with E-state index in [0.29, 0.717) is 0 Å². The lowest BCUT2D eigenvalue weighted by molar-refractivity contribution is -0.137. The molecule has 19 heavy (non-hydrogen) atoms. The molecular weight excluding hydrogens is 273 g/mol. The number of hydrogen-bond donors (Lipinski definition) is 1. The standard InChI is InChI=1S/C14H13F3OS/c1-8-7-12(19-13(8)9(2)18)10-3-5-11(6-4-10)14(15,16)17/h3-7,9,18H,1-2H3. The van der Waals surface area contributed by atoms with E-state index < -0.39 is 17.8 Å². The molecule has 1 heterocycles. The summed E-state index contributed by atoms with van der Waals surface area (Å²) < 4.78 is 37.4. The molecule has 1 aromatic carbocycles. The molecule has 1 atom stereocenters. The molecule has 2 rings (SSSR count). The van der Waals surface area contributed by atoms with Crippen LogP contribution in [0.5, 0.6) is 0 Å². The first kappa shape index (κ1) is 14.1. The van der Waals surface area contributed by atoms with Crippen LogP contribution >= 0.6 is 11.3 Å². The highest BCUT2D eigenvalue weighted by Crippen LogP contribution is 2.36. The highest BCUT2D eigenvalue weighted by Gasteiger charge is 2.30. The summed E-state index contributed by atoms with van der Waals surface area (Å²) in [5, 5.41) is 9.58. The van der Waals surface area contributed by atoms with E-state index in [1.54, 1.807) is 6.92 Å². The molecule has 1 nitrogen and oxygen atoms in total. The average molecular weight is 286 g/mol. The molecule has 1 N–H and O–H groups in total. The number of aryl methyl sites for hydroxylation is 1. The minimum Gasteiger partial charge on any atom is -0.388 e. The zero-order valence-electron chi connectivity index (χ0n) is 10.5. The number of aliphatic hydroxyl groups excluding tert-OH is 1. The van der Waals surface area contributed by atoms with Crippen molar-refractivity contribution < 1.29 is 18.3 Å². The van der Waals surface area contributed by atoms with Crippen LogP contribution in [0, 0.1) is 6.92 Å². The van der Waals surface area contributed by atoms with Crippen molar-refractivity contribution in [3.63, 3.8) is 0 Å². The van der Waals surface area contributed by atoms with Crippen LogP contribution in [0.25, 0.3) is 10.4 Å². The summed E-state index contributed by atoms with van der Waals surface area (Å²) in [7, 11) is 0. The lowest BCUT2D eigenvalue weighted by Gasteiger charge is -2.06. The Bertz CT molecular complexity index is 567. The predicted octanol–water partition coefficient (Wildman–Crippen LogP) is 4.80. The Morgan fingerprint density at radius 2 is 1.74 bits per heavy atom. The van der Waals surface area contributed by atoms with Crippen molar-refractivity contribution in [3.05, 3.63) is 46.3 Å². The van der Waals surface area contributed by atoms with Crippen molar-refractivity contribution in [1.29, 1.82) is 0 Å². The number of alkyl halides is 3. The molecule has 0 bridgehead atoms. The number of benzene rings is 1. The Morgan fingerprint density at radius 3 is 2.16 bits per heavy atom. The van der Waals surface area contributed by atoms with Gasteiger partial charge >= 0.3 is 6.18 Å². The van der Waals surface area contributed by atoms with Gasteiger partial charge in [-0.1, -0.05) is 12.1 Å². The van der Waals surface area contributed by atoms with Crippen molar-refractivity contribution in [2.75, 3.05) is 0 Å². The SMILES string of the molecule is Cc1cc(-c2ccc(C(F)(F)F)cc2)sc1C(C)O. The Hall–Kier alpha value is -1.33. The van der Waals surface area contributed by atoms with Crippen molar-refractivity contribution in [3.8, 4) is 10.4 Å². The molecule has 0 spiro atoms. The van der Waals surface area contributed by atoms with Crippen LogP contribution < -0.4 is 0 Å². The molecule has 1 aromatic heterocycles. The molecule has 0 aliphatic heterocycles. The van der Waals surface area contributed by atoms with E-state index >= 15 is 0 Å². The minimum atomic E-state index is -4.31. The second-order valence-electron chi connectivity index (χ2n) is 4.41. The van der Waals surface area contributed by atoms with Crippen LogP contribution in [0.3, 0.4) is 0 Å². The molecule has 0 aliphatic rings. The van der Waals surface area contributed by atoms with Crippen molar-refractivity contribution in [1.82, 2.24) is 0 Å². The van der Waals surface area contributed by atoms with E-state index in [1.807, 2.05) is 13.0 Å². The summed E-state index contributed by atoms with van der Waals surface area (Å²) >= 11 is 1.40. The lowest BCUT2D eigenvalue weighted by atomic mass is 10.1. The zero-order chi connectivity index (χ0) is 14.2. The van der Waals surface area contributed by atoms with Gasteiger partial charge in [0.15, 0.2) is 0 Å². The maximum atomic E-state index is 12.5. The van der Waals surface area contributed by atoms with E-state index in [-0.39, 0.29) is 0 Å². The second kappa shape index (κ2) is 4.98. The first-order valence-corrected chi connectivity index (χ1v) is 6.56. The fourth-order valence-corrected chi connectivity index (χ4v) is 2.99. The van der Waals surface area contributed by atoms with Crippen LogP contribution in [0.4, 0.5) is 13.2 Å². The second-order valence-corrected chi connectivity index (χ2v) is 5.49. The first-order valence-electron chi connectivity index (χ1n) is 5.75. The van der Waals surface area contributed by atoms with Gasteiger partial charge in [0.05, 0.1) is 11.7 Å². The average Bonchev–Trinajstić information content (AvgIpc) is 2.70. The van der Waals surface area contributed by atoms with Crippen LogP contribution in [0.15, 0.2) is 30.3 Å². The molecule has 0 radical (unpaired) electrons. The number of aliphatic hydroxyl groups is 1. The zero-order valence-corrected chi connectivity index (χ0v) is 11.3. The summed E-state index contributed by atoms with van der Waals surface area (Å²) in [6, 6.07) is 6.95. The van der Waals surface area contributed by atoms with Gasteiger partial charge in [0.2, 0.25) is 0 Å². The molecule has 0 amide bonds. The van der Waals surface area contributed by atoms with Crippen LogP contribution in [-0.2, 0) is 6.18 Å². The first-order chi connectivity index (χ1) is 8.79. The number of rotatable bonds is 2. The van der Waals surface area contributed by atoms with Gasteiger partial charge in [0.25, 0.3) is 0 Å². The molecule has 0 saturated carbocycles. The van der Waals surface area contributed by atoms with Crippen LogP contribution in [0.1, 0.15) is 29.0 Å². The van der Waals surface area contributed by atoms with Crippen LogP contribution in [-0.4, -0.2) is 5.11 Å². The monoisotopic (exact) mass is 286 g/mol. The van der Waals surface area contributed by atoms with Gasteiger partial charge in [-0.3, -0.25) is 0 Å². The predicted molar refractivity (Wildman–Crippen MR) is 70.1 cm³/mol. The molecule has 0 fully saturated rings. The van der Waals surface area contributed by atoms with Crippen molar-refractivity contribution >= 4 is 11.3 Å². The highest BCUT2D eigenvalue weighted by atomic mass is 32.1. The van der Waals surface area contributed by atoms with E-state index in [4.69, 9.17) is 0 Å². The van der Waals surface area contributed by atoms with Gasteiger partial charge in [0, 0.05) is 9.75 Å². The largest absolute Gasteiger partial charge is 0.416 e. The topological polar surface area (TPSA) is 20.2 Å². The molecule has 1 unspecified atom stereocenters. The molecule has 102 valence electrons. The molecule has 0 aliphatic carbocycles. The van der Waals surface area contributed by atoms with Crippen molar-refractivity contribution in [2.45, 2.75) is 26.1 Å². The van der Waals surface area contributed by atoms with E-state index in [2.05, 4.69) is 0 Å². The Kier molecular flexibility index (Phi) is 3.69. The van der Waals surface area contributed by atoms with Gasteiger partial charge < -0.3 is 5.11 Å². The Balaban J connectivity index is 2.35. The number of thiophene rings is 1. The fraction of sp³-hybridized carbons (Fsp3) is 0.286. The maximum Gasteiger partial charge on any atom is 0.416 e. The van der Waals surface area contributed by atoms with Gasteiger partial charge in [-0.05, 0) is 43.2 Å². The summed E-state index contributed by atoms with van der Waals surface area (Å²) in [6.07, 6.45) is -4.87. The lowest BCUT2D eigenvalue weighted by Crippen LogP contribution is -2.03. The molecule has 2 aromatic rings. The number of halogens is 3. The smallest absolute Gasteiger partial charge is 0.388 e. The quantitative estimate of drug-likeness (QED) is 0.841. The third-order valence-electron chi connectivity index (χ3n) is 2.83. The summed E-state index contributed by atoms with van der Waals surface area (Å²) in [6.45, 7) is 3.56. The van der Waals surface area contributed by atoms with E-state index in [0.717, 1.165) is 33.0 Å². The van der Waals surface area contributed by atoms with Gasteiger partial charge in [-0.15, -0.1) is 11.3 Å². The fourth-order valence-electron chi connectivity index (χ4n) is 1.88. The minimum absolute atomic E-state index is 0.562. The summed E-state index contributed by atoms with van der Waals surface area (Å²) in [5.41, 5.74) is 1.03.